The summed E-state index contributed by atoms with van der Waals surface area (Å²) in [5, 5.41) is 0. The van der Waals surface area contributed by atoms with Crippen LogP contribution in [-0.2, 0) is 14.3 Å². The number of hydrogen-bond donors (Lipinski definition) is 0. The van der Waals surface area contributed by atoms with Gasteiger partial charge in [-0.2, -0.15) is 0 Å². The van der Waals surface area contributed by atoms with Crippen LogP contribution in [0.3, 0.4) is 0 Å². The third kappa shape index (κ3) is 5.76. The molecule has 138 valence electrons. The lowest BCUT2D eigenvalue weighted by Crippen LogP contribution is -2.42. The Morgan fingerprint density at radius 2 is 1.92 bits per heavy atom. The summed E-state index contributed by atoms with van der Waals surface area (Å²) in [6.45, 7) is 6.52. The van der Waals surface area contributed by atoms with E-state index in [-0.39, 0.29) is 30.9 Å². The largest absolute Gasteiger partial charge is 0.483 e. The van der Waals surface area contributed by atoms with E-state index in [2.05, 4.69) is 0 Å². The minimum atomic E-state index is -0.256. The molecule has 1 saturated carbocycles. The average Bonchev–Trinajstić information content (AvgIpc) is 3.10. The molecule has 0 aromatic heterocycles. The Morgan fingerprint density at radius 1 is 1.20 bits per heavy atom. The molecule has 2 rings (SSSR count). The van der Waals surface area contributed by atoms with Gasteiger partial charge in [-0.3, -0.25) is 9.59 Å². The molecule has 1 fully saturated rings. The molecule has 0 N–H and O–H groups in total. The van der Waals surface area contributed by atoms with E-state index in [4.69, 9.17) is 9.47 Å². The molecule has 0 spiro atoms. The summed E-state index contributed by atoms with van der Waals surface area (Å²) >= 11 is 0. The number of benzene rings is 1. The van der Waals surface area contributed by atoms with E-state index in [0.717, 1.165) is 42.6 Å². The SMILES string of the molecule is CCOC(=O)CCN(C(=O)COc1cc(C)ccc1C)C1CCCC1. The van der Waals surface area contributed by atoms with Crippen molar-refractivity contribution in [3.8, 4) is 5.75 Å². The first-order valence-corrected chi connectivity index (χ1v) is 9.16. The third-order valence-corrected chi connectivity index (χ3v) is 4.64. The Morgan fingerprint density at radius 3 is 2.60 bits per heavy atom. The molecule has 0 atom stereocenters. The number of hydrogen-bond acceptors (Lipinski definition) is 4. The molecule has 0 heterocycles. The van der Waals surface area contributed by atoms with Gasteiger partial charge in [-0.25, -0.2) is 0 Å². The van der Waals surface area contributed by atoms with Gasteiger partial charge in [0.2, 0.25) is 0 Å². The van der Waals surface area contributed by atoms with Crippen LogP contribution in [0.4, 0.5) is 0 Å². The first kappa shape index (κ1) is 19.3. The molecule has 0 aliphatic heterocycles. The van der Waals surface area contributed by atoms with Crippen LogP contribution in [0.25, 0.3) is 0 Å². The van der Waals surface area contributed by atoms with E-state index in [0.29, 0.717) is 13.2 Å². The van der Waals surface area contributed by atoms with Crippen molar-refractivity contribution in [1.29, 1.82) is 0 Å². The van der Waals surface area contributed by atoms with Crippen molar-refractivity contribution in [3.63, 3.8) is 0 Å². The first-order chi connectivity index (χ1) is 12.0. The summed E-state index contributed by atoms with van der Waals surface area (Å²) in [6.07, 6.45) is 4.49. The monoisotopic (exact) mass is 347 g/mol. The fraction of sp³-hybridized carbons (Fsp3) is 0.600. The number of nitrogens with zero attached hydrogens (tertiary/aromatic N) is 1. The highest BCUT2D eigenvalue weighted by atomic mass is 16.5. The van der Waals surface area contributed by atoms with E-state index in [9.17, 15) is 9.59 Å². The normalized spacial score (nSPS) is 14.4. The molecule has 1 aliphatic carbocycles. The van der Waals surface area contributed by atoms with Gasteiger partial charge in [0.1, 0.15) is 5.75 Å². The van der Waals surface area contributed by atoms with Crippen LogP contribution in [0.5, 0.6) is 5.75 Å². The molecule has 1 aliphatic rings. The Balaban J connectivity index is 1.96. The number of amides is 1. The topological polar surface area (TPSA) is 55.8 Å². The van der Waals surface area contributed by atoms with Crippen molar-refractivity contribution in [2.75, 3.05) is 19.8 Å². The van der Waals surface area contributed by atoms with Crippen molar-refractivity contribution >= 4 is 11.9 Å². The van der Waals surface area contributed by atoms with Gasteiger partial charge < -0.3 is 14.4 Å². The van der Waals surface area contributed by atoms with Crippen molar-refractivity contribution in [2.24, 2.45) is 0 Å². The highest BCUT2D eigenvalue weighted by Gasteiger charge is 2.27. The zero-order valence-corrected chi connectivity index (χ0v) is 15.5. The second-order valence-electron chi connectivity index (χ2n) is 6.64. The maximum Gasteiger partial charge on any atom is 0.307 e. The van der Waals surface area contributed by atoms with Crippen molar-refractivity contribution in [2.45, 2.75) is 58.9 Å². The van der Waals surface area contributed by atoms with Crippen molar-refractivity contribution in [1.82, 2.24) is 4.90 Å². The predicted molar refractivity (Wildman–Crippen MR) is 96.6 cm³/mol. The number of ether oxygens (including phenoxy) is 2. The molecule has 1 aromatic carbocycles. The highest BCUT2D eigenvalue weighted by molar-refractivity contribution is 5.79. The Bertz CT molecular complexity index is 593. The molecule has 0 bridgehead atoms. The lowest BCUT2D eigenvalue weighted by Gasteiger charge is -2.29. The fourth-order valence-corrected chi connectivity index (χ4v) is 3.26. The maximum atomic E-state index is 12.7. The van der Waals surface area contributed by atoms with Gasteiger partial charge in [0.25, 0.3) is 5.91 Å². The molecule has 1 aromatic rings. The maximum absolute atomic E-state index is 12.7. The molecular weight excluding hydrogens is 318 g/mol. The van der Waals surface area contributed by atoms with Gasteiger partial charge in [-0.05, 0) is 50.8 Å². The van der Waals surface area contributed by atoms with E-state index < -0.39 is 0 Å². The minimum Gasteiger partial charge on any atom is -0.483 e. The van der Waals surface area contributed by atoms with Gasteiger partial charge >= 0.3 is 5.97 Å². The van der Waals surface area contributed by atoms with Crippen LogP contribution in [-0.4, -0.2) is 42.6 Å². The molecule has 5 heteroatoms. The van der Waals surface area contributed by atoms with Gasteiger partial charge in [-0.1, -0.05) is 25.0 Å². The number of rotatable bonds is 8. The van der Waals surface area contributed by atoms with Crippen molar-refractivity contribution in [3.05, 3.63) is 29.3 Å². The van der Waals surface area contributed by atoms with Crippen molar-refractivity contribution < 1.29 is 19.1 Å². The van der Waals surface area contributed by atoms with Gasteiger partial charge in [0.15, 0.2) is 6.61 Å². The predicted octanol–water partition coefficient (Wildman–Crippen LogP) is 3.41. The van der Waals surface area contributed by atoms with Crippen LogP contribution in [0, 0.1) is 13.8 Å². The Hall–Kier alpha value is -2.04. The molecule has 0 radical (unpaired) electrons. The summed E-state index contributed by atoms with van der Waals surface area (Å²) in [5.74, 6) is 0.427. The molecule has 0 unspecified atom stereocenters. The molecule has 0 saturated heterocycles. The van der Waals surface area contributed by atoms with Gasteiger partial charge in [-0.15, -0.1) is 0 Å². The summed E-state index contributed by atoms with van der Waals surface area (Å²) in [5.41, 5.74) is 2.11. The fourth-order valence-electron chi connectivity index (χ4n) is 3.26. The molecule has 1 amide bonds. The lowest BCUT2D eigenvalue weighted by molar-refractivity contribution is -0.144. The number of esters is 1. The Kier molecular flexibility index (Phi) is 7.29. The van der Waals surface area contributed by atoms with E-state index in [1.54, 1.807) is 6.92 Å². The molecule has 25 heavy (non-hydrogen) atoms. The third-order valence-electron chi connectivity index (χ3n) is 4.64. The minimum absolute atomic E-state index is 0.00359. The van der Waals surface area contributed by atoms with Crippen LogP contribution in [0.15, 0.2) is 18.2 Å². The second-order valence-corrected chi connectivity index (χ2v) is 6.64. The Labute approximate surface area is 150 Å². The lowest BCUT2D eigenvalue weighted by atomic mass is 10.1. The van der Waals surface area contributed by atoms with E-state index >= 15 is 0 Å². The number of carbonyl (C=O) groups excluding carboxylic acids is 2. The van der Waals surface area contributed by atoms with E-state index in [1.807, 2.05) is 36.9 Å². The summed E-state index contributed by atoms with van der Waals surface area (Å²) in [4.78, 5) is 26.2. The van der Waals surface area contributed by atoms with E-state index in [1.165, 1.54) is 0 Å². The van der Waals surface area contributed by atoms with Crippen LogP contribution >= 0.6 is 0 Å². The molecule has 5 nitrogen and oxygen atoms in total. The highest BCUT2D eigenvalue weighted by Crippen LogP contribution is 2.24. The zero-order valence-electron chi connectivity index (χ0n) is 15.5. The smallest absolute Gasteiger partial charge is 0.307 e. The number of aryl methyl sites for hydroxylation is 2. The first-order valence-electron chi connectivity index (χ1n) is 9.16. The summed E-state index contributed by atoms with van der Waals surface area (Å²) in [7, 11) is 0. The van der Waals surface area contributed by atoms with Gasteiger partial charge in [0.05, 0.1) is 13.0 Å². The van der Waals surface area contributed by atoms with Crippen LogP contribution in [0.1, 0.15) is 50.2 Å². The quantitative estimate of drug-likeness (QED) is 0.676. The summed E-state index contributed by atoms with van der Waals surface area (Å²) < 4.78 is 10.8. The standard InChI is InChI=1S/C20H29NO4/c1-4-24-20(23)11-12-21(17-7-5-6-8-17)19(22)14-25-18-13-15(2)9-10-16(18)3/h9-10,13,17H,4-8,11-12,14H2,1-3H3. The number of carbonyl (C=O) groups is 2. The van der Waals surface area contributed by atoms with Crippen LogP contribution in [0.2, 0.25) is 0 Å². The van der Waals surface area contributed by atoms with Crippen LogP contribution < -0.4 is 4.74 Å². The van der Waals surface area contributed by atoms with Gasteiger partial charge in [0, 0.05) is 12.6 Å². The average molecular weight is 347 g/mol. The second kappa shape index (κ2) is 9.44. The summed E-state index contributed by atoms with van der Waals surface area (Å²) in [6, 6.07) is 6.17. The molecular formula is C20H29NO4. The zero-order chi connectivity index (χ0) is 18.2.